The Bertz CT molecular complexity index is 936. The normalized spacial score (nSPS) is 11.0. The summed E-state index contributed by atoms with van der Waals surface area (Å²) in [6, 6.07) is 5.66. The van der Waals surface area contributed by atoms with Crippen molar-refractivity contribution in [3.8, 4) is 11.5 Å². The average molecular weight is 459 g/mol. The van der Waals surface area contributed by atoms with E-state index >= 15 is 0 Å². The van der Waals surface area contributed by atoms with Gasteiger partial charge in [-0.3, -0.25) is 9.59 Å². The largest absolute Gasteiger partial charge is 0.489 e. The summed E-state index contributed by atoms with van der Waals surface area (Å²) >= 11 is 0. The molecule has 0 fully saturated rings. The molecule has 1 N–H and O–H groups in total. The Morgan fingerprint density at radius 3 is 2.15 bits per heavy atom. The minimum atomic E-state index is -0.154. The van der Waals surface area contributed by atoms with E-state index in [1.165, 1.54) is 13.3 Å². The van der Waals surface area contributed by atoms with Crippen LogP contribution in [0, 0.1) is 0 Å². The van der Waals surface area contributed by atoms with Crippen molar-refractivity contribution in [1.82, 2.24) is 4.57 Å². The second-order valence-electron chi connectivity index (χ2n) is 8.70. The summed E-state index contributed by atoms with van der Waals surface area (Å²) in [7, 11) is 0. The molecule has 0 bridgehead atoms. The molecule has 0 radical (unpaired) electrons. The molecule has 1 aromatic carbocycles. The first-order valence-corrected chi connectivity index (χ1v) is 12.8. The van der Waals surface area contributed by atoms with Crippen LogP contribution in [0.25, 0.3) is 10.9 Å². The number of aromatic nitrogens is 1. The molecule has 1 aromatic heterocycles. The molecule has 0 saturated carbocycles. The predicted octanol–water partition coefficient (Wildman–Crippen LogP) is 6.68. The summed E-state index contributed by atoms with van der Waals surface area (Å²) in [6.07, 6.45) is 10.5. The van der Waals surface area contributed by atoms with Gasteiger partial charge in [-0.2, -0.15) is 0 Å². The van der Waals surface area contributed by atoms with Crippen LogP contribution in [-0.2, 0) is 11.3 Å². The number of rotatable bonds is 16. The molecule has 2 rings (SSSR count). The Kier molecular flexibility index (Phi) is 11.8. The van der Waals surface area contributed by atoms with E-state index in [4.69, 9.17) is 9.47 Å². The maximum atomic E-state index is 13.6. The van der Waals surface area contributed by atoms with Gasteiger partial charge < -0.3 is 19.4 Å². The number of ether oxygens (including phenoxy) is 2. The van der Waals surface area contributed by atoms with E-state index in [9.17, 15) is 9.59 Å². The number of aryl methyl sites for hydroxylation is 1. The zero-order chi connectivity index (χ0) is 24.1. The van der Waals surface area contributed by atoms with Crippen LogP contribution in [0.3, 0.4) is 0 Å². The standard InChI is InChI=1S/C27H42N2O4/c1-5-8-11-13-17-29-24-20-22(28-21(4)30)15-16-23(24)25(32-19-14-12-9-6-2)26(27(29)31)33-18-10-7-3/h15-16,20H,5-14,17-19H2,1-4H3,(H,28,30). The first kappa shape index (κ1) is 26.7. The van der Waals surface area contributed by atoms with Crippen LogP contribution < -0.4 is 20.3 Å². The van der Waals surface area contributed by atoms with E-state index in [0.717, 1.165) is 68.7 Å². The van der Waals surface area contributed by atoms with Gasteiger partial charge in [-0.05, 0) is 37.5 Å². The molecule has 0 spiro atoms. The molecule has 0 unspecified atom stereocenters. The third-order valence-corrected chi connectivity index (χ3v) is 5.72. The van der Waals surface area contributed by atoms with E-state index < -0.39 is 0 Å². The van der Waals surface area contributed by atoms with E-state index in [2.05, 4.69) is 26.1 Å². The number of nitrogens with zero attached hydrogens (tertiary/aromatic N) is 1. The van der Waals surface area contributed by atoms with Crippen LogP contribution in [0.15, 0.2) is 23.0 Å². The van der Waals surface area contributed by atoms with Gasteiger partial charge in [0.15, 0.2) is 5.75 Å². The van der Waals surface area contributed by atoms with Crippen molar-refractivity contribution in [3.63, 3.8) is 0 Å². The zero-order valence-corrected chi connectivity index (χ0v) is 21.0. The smallest absolute Gasteiger partial charge is 0.297 e. The zero-order valence-electron chi connectivity index (χ0n) is 21.0. The van der Waals surface area contributed by atoms with Crippen LogP contribution in [0.4, 0.5) is 5.69 Å². The fourth-order valence-corrected chi connectivity index (χ4v) is 3.89. The van der Waals surface area contributed by atoms with E-state index in [-0.39, 0.29) is 11.5 Å². The number of pyridine rings is 1. The second-order valence-corrected chi connectivity index (χ2v) is 8.70. The number of unbranched alkanes of at least 4 members (excludes halogenated alkanes) is 7. The molecule has 0 atom stereocenters. The first-order chi connectivity index (χ1) is 16.0. The SMILES string of the molecule is CCCCCCOc1c(OCCCC)c(=O)n(CCCCCC)c2cc(NC(C)=O)ccc12. The lowest BCUT2D eigenvalue weighted by Crippen LogP contribution is -2.24. The van der Waals surface area contributed by atoms with Crippen LogP contribution in [-0.4, -0.2) is 23.7 Å². The van der Waals surface area contributed by atoms with Gasteiger partial charge in [0.25, 0.3) is 5.56 Å². The molecule has 0 aliphatic heterocycles. The Hall–Kier alpha value is -2.50. The summed E-state index contributed by atoms with van der Waals surface area (Å²) < 4.78 is 14.0. The fourth-order valence-electron chi connectivity index (χ4n) is 3.89. The monoisotopic (exact) mass is 458 g/mol. The molecule has 0 aliphatic rings. The van der Waals surface area contributed by atoms with Gasteiger partial charge in [-0.25, -0.2) is 0 Å². The van der Waals surface area contributed by atoms with Crippen LogP contribution in [0.1, 0.15) is 91.9 Å². The molecule has 0 aliphatic carbocycles. The summed E-state index contributed by atoms with van der Waals surface area (Å²) in [5.41, 5.74) is 1.29. The highest BCUT2D eigenvalue weighted by Gasteiger charge is 2.20. The molecule has 6 nitrogen and oxygen atoms in total. The lowest BCUT2D eigenvalue weighted by Gasteiger charge is -2.19. The van der Waals surface area contributed by atoms with Crippen molar-refractivity contribution in [1.29, 1.82) is 0 Å². The van der Waals surface area contributed by atoms with E-state index in [1.54, 1.807) is 4.57 Å². The van der Waals surface area contributed by atoms with Gasteiger partial charge in [-0.15, -0.1) is 0 Å². The maximum absolute atomic E-state index is 13.6. The molecule has 1 amide bonds. The molecule has 33 heavy (non-hydrogen) atoms. The summed E-state index contributed by atoms with van der Waals surface area (Å²) in [6.45, 7) is 9.59. The molecule has 1 heterocycles. The van der Waals surface area contributed by atoms with Crippen LogP contribution >= 0.6 is 0 Å². The van der Waals surface area contributed by atoms with Crippen molar-refractivity contribution in [2.24, 2.45) is 0 Å². The quantitative estimate of drug-likeness (QED) is 0.285. The number of benzene rings is 1. The highest BCUT2D eigenvalue weighted by Crippen LogP contribution is 2.35. The Labute approximate surface area is 198 Å². The number of anilines is 1. The van der Waals surface area contributed by atoms with Gasteiger partial charge in [0.1, 0.15) is 0 Å². The highest BCUT2D eigenvalue weighted by molar-refractivity contribution is 5.94. The number of fused-ring (bicyclic) bond motifs is 1. The summed E-state index contributed by atoms with van der Waals surface area (Å²) in [5, 5.41) is 3.68. The fraction of sp³-hybridized carbons (Fsp3) is 0.630. The highest BCUT2D eigenvalue weighted by atomic mass is 16.5. The topological polar surface area (TPSA) is 69.6 Å². The van der Waals surface area contributed by atoms with Crippen molar-refractivity contribution in [3.05, 3.63) is 28.6 Å². The lowest BCUT2D eigenvalue weighted by molar-refractivity contribution is -0.114. The van der Waals surface area contributed by atoms with Crippen molar-refractivity contribution in [2.45, 2.75) is 98.4 Å². The number of carbonyl (C=O) groups excluding carboxylic acids is 1. The number of hydrogen-bond donors (Lipinski definition) is 1. The molecular formula is C27H42N2O4. The van der Waals surface area contributed by atoms with Gasteiger partial charge in [0.2, 0.25) is 11.7 Å². The number of nitrogens with one attached hydrogen (secondary N) is 1. The summed E-state index contributed by atoms with van der Waals surface area (Å²) in [5.74, 6) is 0.703. The third-order valence-electron chi connectivity index (χ3n) is 5.72. The second kappa shape index (κ2) is 14.6. The van der Waals surface area contributed by atoms with Crippen molar-refractivity contribution < 1.29 is 14.3 Å². The Morgan fingerprint density at radius 2 is 1.48 bits per heavy atom. The number of hydrogen-bond acceptors (Lipinski definition) is 4. The van der Waals surface area contributed by atoms with Crippen LogP contribution in [0.2, 0.25) is 0 Å². The Morgan fingerprint density at radius 1 is 0.848 bits per heavy atom. The van der Waals surface area contributed by atoms with E-state index in [1.807, 2.05) is 18.2 Å². The molecule has 0 saturated heterocycles. The molecule has 6 heteroatoms. The predicted molar refractivity (Wildman–Crippen MR) is 137 cm³/mol. The third kappa shape index (κ3) is 8.09. The van der Waals surface area contributed by atoms with E-state index in [0.29, 0.717) is 36.9 Å². The van der Waals surface area contributed by atoms with Gasteiger partial charge in [0, 0.05) is 24.5 Å². The summed E-state index contributed by atoms with van der Waals surface area (Å²) in [4.78, 5) is 25.2. The first-order valence-electron chi connectivity index (χ1n) is 12.8. The van der Waals surface area contributed by atoms with Crippen LogP contribution in [0.5, 0.6) is 11.5 Å². The molecule has 2 aromatic rings. The molecule has 184 valence electrons. The number of carbonyl (C=O) groups is 1. The van der Waals surface area contributed by atoms with Crippen molar-refractivity contribution in [2.75, 3.05) is 18.5 Å². The van der Waals surface area contributed by atoms with Gasteiger partial charge >= 0.3 is 0 Å². The molecular weight excluding hydrogens is 416 g/mol. The average Bonchev–Trinajstić information content (AvgIpc) is 2.79. The maximum Gasteiger partial charge on any atom is 0.297 e. The van der Waals surface area contributed by atoms with Gasteiger partial charge in [-0.1, -0.05) is 65.7 Å². The Balaban J connectivity index is 2.53. The lowest BCUT2D eigenvalue weighted by atomic mass is 10.1. The van der Waals surface area contributed by atoms with Gasteiger partial charge in [0.05, 0.1) is 18.7 Å². The van der Waals surface area contributed by atoms with Crippen molar-refractivity contribution >= 4 is 22.5 Å². The minimum Gasteiger partial charge on any atom is -0.489 e. The minimum absolute atomic E-state index is 0.141. The number of amides is 1.